The second-order valence-electron chi connectivity index (χ2n) is 7.84. The number of carboxylic acid groups (broad SMARTS) is 2. The molecular weight excluding hydrogens is 396 g/mol. The second-order valence-corrected chi connectivity index (χ2v) is 7.84. The number of hydrogen-bond donors (Lipinski definition) is 2. The summed E-state index contributed by atoms with van der Waals surface area (Å²) in [4.78, 5) is 21.3. The largest absolute Gasteiger partial charge is 0.511 e. The molecule has 0 aromatic heterocycles. The molecule has 0 aliphatic heterocycles. The van der Waals surface area contributed by atoms with Gasteiger partial charge >= 0.3 is 12.3 Å². The van der Waals surface area contributed by atoms with Gasteiger partial charge in [-0.25, -0.2) is 9.59 Å². The summed E-state index contributed by atoms with van der Waals surface area (Å²) in [5, 5.41) is 17.3. The van der Waals surface area contributed by atoms with Gasteiger partial charge in [-0.3, -0.25) is 0 Å². The van der Waals surface area contributed by atoms with Gasteiger partial charge in [-0.1, -0.05) is 87.5 Å². The Morgan fingerprint density at radius 2 is 1.19 bits per heavy atom. The number of benzene rings is 3. The van der Waals surface area contributed by atoms with Crippen LogP contribution in [0.3, 0.4) is 0 Å². The van der Waals surface area contributed by atoms with Gasteiger partial charge in [0.2, 0.25) is 0 Å². The second kappa shape index (κ2) is 10.3. The zero-order valence-electron chi connectivity index (χ0n) is 18.0. The molecule has 0 fully saturated rings. The van der Waals surface area contributed by atoms with Crippen molar-refractivity contribution in [2.24, 2.45) is 0 Å². The molecule has 6 heteroatoms. The van der Waals surface area contributed by atoms with E-state index >= 15 is 0 Å². The Bertz CT molecular complexity index is 984. The number of aryl methyl sites for hydroxylation is 1. The van der Waals surface area contributed by atoms with Gasteiger partial charge in [-0.05, 0) is 40.7 Å². The molecule has 0 atom stereocenters. The lowest BCUT2D eigenvalue weighted by Crippen LogP contribution is -2.14. The van der Waals surface area contributed by atoms with Crippen LogP contribution in [0.5, 0.6) is 11.5 Å². The normalized spacial score (nSPS) is 10.5. The lowest BCUT2D eigenvalue weighted by molar-refractivity contribution is 0.132. The summed E-state index contributed by atoms with van der Waals surface area (Å²) < 4.78 is 9.16. The first-order chi connectivity index (χ1) is 14.6. The lowest BCUT2D eigenvalue weighted by Gasteiger charge is -2.21. The van der Waals surface area contributed by atoms with E-state index in [0.717, 1.165) is 5.56 Å². The summed E-state index contributed by atoms with van der Waals surface area (Å²) in [5.74, 6) is -0.234. The Morgan fingerprint density at radius 1 is 0.742 bits per heavy atom. The van der Waals surface area contributed by atoms with Crippen molar-refractivity contribution in [1.82, 2.24) is 0 Å². The van der Waals surface area contributed by atoms with Gasteiger partial charge in [0, 0.05) is 0 Å². The van der Waals surface area contributed by atoms with Crippen molar-refractivity contribution in [3.8, 4) is 22.6 Å². The molecule has 0 bridgehead atoms. The molecule has 0 aliphatic carbocycles. The Balaban J connectivity index is 0.000000242. The highest BCUT2D eigenvalue weighted by Gasteiger charge is 2.21. The fourth-order valence-electron chi connectivity index (χ4n) is 2.82. The van der Waals surface area contributed by atoms with Crippen LogP contribution < -0.4 is 9.47 Å². The van der Waals surface area contributed by atoms with Crippen molar-refractivity contribution in [3.05, 3.63) is 83.9 Å². The molecule has 0 saturated heterocycles. The zero-order valence-corrected chi connectivity index (χ0v) is 18.0. The molecule has 0 radical (unpaired) electrons. The summed E-state index contributed by atoms with van der Waals surface area (Å²) in [7, 11) is 0. The molecule has 3 aromatic rings. The van der Waals surface area contributed by atoms with Crippen LogP contribution in [0.2, 0.25) is 0 Å². The molecule has 2 N–H and O–H groups in total. The molecule has 31 heavy (non-hydrogen) atoms. The lowest BCUT2D eigenvalue weighted by atomic mass is 9.86. The monoisotopic (exact) mass is 422 g/mol. The molecule has 162 valence electrons. The average Bonchev–Trinajstić information content (AvgIpc) is 2.71. The van der Waals surface area contributed by atoms with Crippen molar-refractivity contribution < 1.29 is 29.3 Å². The molecule has 0 aliphatic rings. The summed E-state index contributed by atoms with van der Waals surface area (Å²) >= 11 is 0. The minimum atomic E-state index is -1.53. The van der Waals surface area contributed by atoms with E-state index in [1.165, 1.54) is 17.2 Å². The molecule has 0 saturated carbocycles. The van der Waals surface area contributed by atoms with Crippen molar-refractivity contribution in [1.29, 1.82) is 0 Å². The quantitative estimate of drug-likeness (QED) is 0.358. The van der Waals surface area contributed by atoms with Gasteiger partial charge in [-0.2, -0.15) is 0 Å². The van der Waals surface area contributed by atoms with E-state index < -0.39 is 12.3 Å². The smallest absolute Gasteiger partial charge is 0.449 e. The molecule has 0 spiro atoms. The Morgan fingerprint density at radius 3 is 1.58 bits per heavy atom. The highest BCUT2D eigenvalue weighted by atomic mass is 16.7. The van der Waals surface area contributed by atoms with Crippen molar-refractivity contribution >= 4 is 12.3 Å². The molecule has 3 aromatic carbocycles. The van der Waals surface area contributed by atoms with E-state index in [4.69, 9.17) is 10.2 Å². The maximum Gasteiger partial charge on any atom is 0.511 e. The van der Waals surface area contributed by atoms with Crippen LogP contribution >= 0.6 is 0 Å². The van der Waals surface area contributed by atoms with Crippen LogP contribution in [-0.2, 0) is 5.41 Å². The van der Waals surface area contributed by atoms with E-state index in [0.29, 0.717) is 5.56 Å². The molecular formula is C25H26O6. The van der Waals surface area contributed by atoms with Gasteiger partial charge < -0.3 is 19.7 Å². The number of carbonyl (C=O) groups is 2. The third-order valence-corrected chi connectivity index (χ3v) is 4.37. The van der Waals surface area contributed by atoms with Crippen molar-refractivity contribution in [3.63, 3.8) is 0 Å². The summed E-state index contributed by atoms with van der Waals surface area (Å²) in [5.41, 5.74) is 3.63. The maximum absolute atomic E-state index is 10.7. The SMILES string of the molecule is Cc1cc(C(C)(C)C)cc(OC(=O)O)c1OC(=O)O.c1ccc(-c2ccccc2)cc1. The third-order valence-electron chi connectivity index (χ3n) is 4.37. The van der Waals surface area contributed by atoms with Crippen LogP contribution in [0, 0.1) is 6.92 Å². The number of ether oxygens (including phenoxy) is 2. The first-order valence-corrected chi connectivity index (χ1v) is 9.65. The Hall–Kier alpha value is -3.80. The molecule has 0 unspecified atom stereocenters. The topological polar surface area (TPSA) is 93.1 Å². The van der Waals surface area contributed by atoms with Gasteiger partial charge in [-0.15, -0.1) is 0 Å². The maximum atomic E-state index is 10.7. The minimum Gasteiger partial charge on any atom is -0.449 e. The van der Waals surface area contributed by atoms with E-state index in [-0.39, 0.29) is 16.9 Å². The molecule has 3 rings (SSSR count). The number of rotatable bonds is 3. The number of hydrogen-bond acceptors (Lipinski definition) is 4. The zero-order chi connectivity index (χ0) is 23.0. The van der Waals surface area contributed by atoms with Crippen LogP contribution in [0.25, 0.3) is 11.1 Å². The van der Waals surface area contributed by atoms with E-state index in [1.54, 1.807) is 13.0 Å². The van der Waals surface area contributed by atoms with Gasteiger partial charge in [0.25, 0.3) is 0 Å². The Kier molecular flexibility index (Phi) is 7.80. The molecule has 0 heterocycles. The van der Waals surface area contributed by atoms with Crippen molar-refractivity contribution in [2.45, 2.75) is 33.1 Å². The molecule has 0 amide bonds. The van der Waals surface area contributed by atoms with Crippen LogP contribution in [0.15, 0.2) is 72.8 Å². The van der Waals surface area contributed by atoms with Crippen LogP contribution in [0.1, 0.15) is 31.9 Å². The Labute approximate surface area is 181 Å². The van der Waals surface area contributed by atoms with Crippen molar-refractivity contribution in [2.75, 3.05) is 0 Å². The predicted molar refractivity (Wildman–Crippen MR) is 119 cm³/mol. The fraction of sp³-hybridized carbons (Fsp3) is 0.200. The van der Waals surface area contributed by atoms with Crippen LogP contribution in [0.4, 0.5) is 9.59 Å². The van der Waals surface area contributed by atoms with E-state index in [1.807, 2.05) is 32.9 Å². The van der Waals surface area contributed by atoms with E-state index in [2.05, 4.69) is 58.0 Å². The van der Waals surface area contributed by atoms with Gasteiger partial charge in [0.15, 0.2) is 11.5 Å². The summed E-state index contributed by atoms with van der Waals surface area (Å²) in [6, 6.07) is 24.0. The predicted octanol–water partition coefficient (Wildman–Crippen LogP) is 6.76. The van der Waals surface area contributed by atoms with Crippen LogP contribution in [-0.4, -0.2) is 22.5 Å². The fourth-order valence-corrected chi connectivity index (χ4v) is 2.82. The third kappa shape index (κ3) is 7.19. The average molecular weight is 422 g/mol. The highest BCUT2D eigenvalue weighted by Crippen LogP contribution is 2.36. The minimum absolute atomic E-state index is 0.108. The first-order valence-electron chi connectivity index (χ1n) is 9.65. The molecule has 6 nitrogen and oxygen atoms in total. The van der Waals surface area contributed by atoms with E-state index in [9.17, 15) is 9.59 Å². The standard InChI is InChI=1S/C13H16O6.C12H10/c1-7-5-8(13(2,3)4)6-9(18-11(14)15)10(7)19-12(16)17;1-3-7-11(8-4-1)12-9-5-2-6-10-12/h5-6H,1-4H3,(H,14,15)(H,16,17);1-10H. The summed E-state index contributed by atoms with van der Waals surface area (Å²) in [6.07, 6.45) is -3.05. The van der Waals surface area contributed by atoms with Gasteiger partial charge in [0.05, 0.1) is 0 Å². The summed E-state index contributed by atoms with van der Waals surface area (Å²) in [6.45, 7) is 7.47. The highest BCUT2D eigenvalue weighted by molar-refractivity contribution is 5.69. The van der Waals surface area contributed by atoms with Gasteiger partial charge in [0.1, 0.15) is 0 Å². The first kappa shape index (κ1) is 23.5.